The van der Waals surface area contributed by atoms with E-state index in [1.165, 1.54) is 21.9 Å². The van der Waals surface area contributed by atoms with E-state index in [0.717, 1.165) is 33.2 Å². The molecule has 5 heteroatoms. The molecule has 3 aromatic rings. The van der Waals surface area contributed by atoms with Crippen LogP contribution in [0.3, 0.4) is 0 Å². The lowest BCUT2D eigenvalue weighted by molar-refractivity contribution is 1.02. The molecule has 0 spiro atoms. The normalized spacial score (nSPS) is 13.5. The summed E-state index contributed by atoms with van der Waals surface area (Å²) in [7, 11) is 0. The summed E-state index contributed by atoms with van der Waals surface area (Å²) in [5.41, 5.74) is 10.7. The van der Waals surface area contributed by atoms with Crippen molar-refractivity contribution in [2.75, 3.05) is 5.32 Å². The van der Waals surface area contributed by atoms with Gasteiger partial charge in [-0.1, -0.05) is 40.2 Å². The summed E-state index contributed by atoms with van der Waals surface area (Å²) in [4.78, 5) is 4.63. The molecule has 120 valence electrons. The number of nitrogens with two attached hydrogens (primary N) is 1. The van der Waals surface area contributed by atoms with E-state index in [0.29, 0.717) is 5.96 Å². The second-order valence-corrected chi connectivity index (χ2v) is 7.59. The zero-order chi connectivity index (χ0) is 16.7. The van der Waals surface area contributed by atoms with Gasteiger partial charge in [0.15, 0.2) is 5.96 Å². The molecule has 0 unspecified atom stereocenters. The Labute approximate surface area is 157 Å². The smallest absolute Gasteiger partial charge is 0.198 e. The average molecular weight is 445 g/mol. The van der Waals surface area contributed by atoms with Gasteiger partial charge in [0.2, 0.25) is 0 Å². The Bertz CT molecular complexity index is 980. The van der Waals surface area contributed by atoms with Crippen molar-refractivity contribution in [1.29, 1.82) is 0 Å². The zero-order valence-electron chi connectivity index (χ0n) is 12.8. The van der Waals surface area contributed by atoms with E-state index in [9.17, 15) is 0 Å². The van der Waals surface area contributed by atoms with Gasteiger partial charge in [0.05, 0.1) is 11.4 Å². The van der Waals surface area contributed by atoms with E-state index in [-0.39, 0.29) is 0 Å². The van der Waals surface area contributed by atoms with Crippen LogP contribution in [0, 0.1) is 0 Å². The minimum absolute atomic E-state index is 0.383. The highest BCUT2D eigenvalue weighted by atomic mass is 79.9. The fourth-order valence-corrected chi connectivity index (χ4v) is 3.95. The van der Waals surface area contributed by atoms with Crippen LogP contribution in [0.4, 0.5) is 11.4 Å². The van der Waals surface area contributed by atoms with Crippen molar-refractivity contribution in [3.8, 4) is 0 Å². The average Bonchev–Trinajstić information content (AvgIpc) is 3.00. The summed E-state index contributed by atoms with van der Waals surface area (Å²) < 4.78 is 1.92. The summed E-state index contributed by atoms with van der Waals surface area (Å²) in [5, 5.41) is 5.79. The first-order valence-corrected chi connectivity index (χ1v) is 9.30. The molecule has 1 aliphatic rings. The fraction of sp³-hybridized carbons (Fsp3) is 0.105. The lowest BCUT2D eigenvalue weighted by Crippen LogP contribution is -2.22. The maximum atomic E-state index is 6.14. The van der Waals surface area contributed by atoms with Crippen molar-refractivity contribution in [2.24, 2.45) is 10.7 Å². The van der Waals surface area contributed by atoms with Crippen LogP contribution in [0.2, 0.25) is 0 Å². The van der Waals surface area contributed by atoms with Crippen molar-refractivity contribution in [3.63, 3.8) is 0 Å². The zero-order valence-corrected chi connectivity index (χ0v) is 16.0. The lowest BCUT2D eigenvalue weighted by atomic mass is 10.0. The molecule has 0 aliphatic heterocycles. The maximum Gasteiger partial charge on any atom is 0.198 e. The van der Waals surface area contributed by atoms with Crippen molar-refractivity contribution >= 4 is 60.0 Å². The highest BCUT2D eigenvalue weighted by molar-refractivity contribution is 9.11. The van der Waals surface area contributed by atoms with E-state index in [1.54, 1.807) is 0 Å². The van der Waals surface area contributed by atoms with Gasteiger partial charge in [-0.2, -0.15) is 0 Å². The third-order valence-electron chi connectivity index (χ3n) is 4.29. The number of hydrogen-bond donors (Lipinski definition) is 2. The number of rotatable bonds is 2. The largest absolute Gasteiger partial charge is 0.369 e. The molecule has 0 saturated carbocycles. The van der Waals surface area contributed by atoms with Crippen LogP contribution < -0.4 is 11.1 Å². The standard InChI is InChI=1S/C19H15Br2N3/c20-13-6-8-15(21)17(10-13)24-19(22)23-16-9-5-12-3-1-2-11-4-7-14(16)18(11)12/h1-3,5-6,8-10H,4,7H2,(H3,22,23,24). The van der Waals surface area contributed by atoms with Crippen LogP contribution in [0.25, 0.3) is 10.8 Å². The molecule has 1 aliphatic carbocycles. The fourth-order valence-electron chi connectivity index (χ4n) is 3.24. The second kappa shape index (κ2) is 6.22. The molecular weight excluding hydrogens is 430 g/mol. The van der Waals surface area contributed by atoms with Crippen LogP contribution in [-0.4, -0.2) is 5.96 Å². The summed E-state index contributed by atoms with van der Waals surface area (Å²) >= 11 is 6.99. The van der Waals surface area contributed by atoms with Crippen LogP contribution >= 0.6 is 31.9 Å². The molecule has 3 aromatic carbocycles. The number of nitrogens with one attached hydrogen (secondary N) is 1. The quantitative estimate of drug-likeness (QED) is 0.403. The maximum absolute atomic E-state index is 6.14. The Kier molecular flexibility index (Phi) is 4.06. The van der Waals surface area contributed by atoms with Gasteiger partial charge in [-0.3, -0.25) is 0 Å². The van der Waals surface area contributed by atoms with Gasteiger partial charge in [0.25, 0.3) is 0 Å². The molecule has 3 N–H and O–H groups in total. The molecule has 0 saturated heterocycles. The summed E-state index contributed by atoms with van der Waals surface area (Å²) in [5.74, 6) is 0.383. The number of anilines is 1. The molecule has 0 fully saturated rings. The first-order chi connectivity index (χ1) is 11.6. The van der Waals surface area contributed by atoms with Gasteiger partial charge >= 0.3 is 0 Å². The summed E-state index contributed by atoms with van der Waals surface area (Å²) in [6, 6.07) is 16.5. The highest BCUT2D eigenvalue weighted by Crippen LogP contribution is 2.37. The van der Waals surface area contributed by atoms with Crippen LogP contribution in [-0.2, 0) is 12.8 Å². The molecule has 0 radical (unpaired) electrons. The molecule has 0 atom stereocenters. The first kappa shape index (κ1) is 15.7. The van der Waals surface area contributed by atoms with Gasteiger partial charge in [-0.15, -0.1) is 0 Å². The predicted molar refractivity (Wildman–Crippen MR) is 108 cm³/mol. The lowest BCUT2D eigenvalue weighted by Gasteiger charge is -2.10. The molecule has 3 nitrogen and oxygen atoms in total. The van der Waals surface area contributed by atoms with Crippen molar-refractivity contribution in [1.82, 2.24) is 0 Å². The Morgan fingerprint density at radius 2 is 1.92 bits per heavy atom. The van der Waals surface area contributed by atoms with Gasteiger partial charge in [0.1, 0.15) is 0 Å². The monoisotopic (exact) mass is 443 g/mol. The summed E-state index contributed by atoms with van der Waals surface area (Å²) in [6.45, 7) is 0. The van der Waals surface area contributed by atoms with Gasteiger partial charge in [0, 0.05) is 8.95 Å². The number of aliphatic imine (C=N–C) groups is 1. The third-order valence-corrected chi connectivity index (χ3v) is 5.48. The molecule has 24 heavy (non-hydrogen) atoms. The highest BCUT2D eigenvalue weighted by Gasteiger charge is 2.17. The third kappa shape index (κ3) is 2.82. The van der Waals surface area contributed by atoms with Crippen LogP contribution in [0.5, 0.6) is 0 Å². The molecule has 0 heterocycles. The van der Waals surface area contributed by atoms with E-state index < -0.39 is 0 Å². The number of halogens is 2. The molecule has 0 amide bonds. The van der Waals surface area contributed by atoms with Crippen LogP contribution in [0.15, 0.2) is 62.5 Å². The Hall–Kier alpha value is -1.85. The van der Waals surface area contributed by atoms with E-state index in [2.05, 4.69) is 72.5 Å². The number of hydrogen-bond acceptors (Lipinski definition) is 1. The minimum Gasteiger partial charge on any atom is -0.369 e. The topological polar surface area (TPSA) is 50.4 Å². The number of guanidine groups is 1. The van der Waals surface area contributed by atoms with E-state index in [4.69, 9.17) is 5.73 Å². The summed E-state index contributed by atoms with van der Waals surface area (Å²) in [6.07, 6.45) is 2.09. The van der Waals surface area contributed by atoms with Gasteiger partial charge in [-0.25, -0.2) is 4.99 Å². The van der Waals surface area contributed by atoms with Gasteiger partial charge < -0.3 is 11.1 Å². The van der Waals surface area contributed by atoms with E-state index >= 15 is 0 Å². The van der Waals surface area contributed by atoms with Gasteiger partial charge in [-0.05, 0) is 74.9 Å². The van der Waals surface area contributed by atoms with Crippen molar-refractivity contribution < 1.29 is 0 Å². The SMILES string of the molecule is NC(=Nc1ccc2cccc3c2c1CC3)Nc1cc(Br)ccc1Br. The molecular formula is C19H15Br2N3. The Morgan fingerprint density at radius 3 is 2.79 bits per heavy atom. The minimum atomic E-state index is 0.383. The van der Waals surface area contributed by atoms with Crippen molar-refractivity contribution in [2.45, 2.75) is 12.8 Å². The molecule has 0 bridgehead atoms. The molecule has 0 aromatic heterocycles. The first-order valence-electron chi connectivity index (χ1n) is 7.71. The van der Waals surface area contributed by atoms with Crippen molar-refractivity contribution in [3.05, 3.63) is 68.6 Å². The van der Waals surface area contributed by atoms with Crippen LogP contribution in [0.1, 0.15) is 11.1 Å². The number of nitrogens with zero attached hydrogens (tertiary/aromatic N) is 1. The Balaban J connectivity index is 1.71. The second-order valence-electron chi connectivity index (χ2n) is 5.82. The Morgan fingerprint density at radius 1 is 1.04 bits per heavy atom. The number of aryl methyl sites for hydroxylation is 2. The molecule has 4 rings (SSSR count). The number of benzene rings is 3. The van der Waals surface area contributed by atoms with E-state index in [1.807, 2.05) is 18.2 Å². The predicted octanol–water partition coefficient (Wildman–Crippen LogP) is 5.52.